The van der Waals surface area contributed by atoms with Crippen LogP contribution in [0, 0.1) is 10.1 Å². The van der Waals surface area contributed by atoms with E-state index in [4.69, 9.17) is 9.84 Å². The molecule has 0 radical (unpaired) electrons. The van der Waals surface area contributed by atoms with Gasteiger partial charge in [0.15, 0.2) is 6.10 Å². The van der Waals surface area contributed by atoms with E-state index in [1.54, 1.807) is 6.07 Å². The minimum atomic E-state index is -1.11. The lowest BCUT2D eigenvalue weighted by molar-refractivity contribution is -0.385. The van der Waals surface area contributed by atoms with Crippen LogP contribution in [0.4, 0.5) is 5.69 Å². The SMILES string of the molecule is O=C(O)C1Cc2cccc([N+](=O)[O-])c2O1. The first kappa shape index (κ1) is 9.45. The minimum Gasteiger partial charge on any atom is -0.478 e. The van der Waals surface area contributed by atoms with Crippen LogP contribution in [0.2, 0.25) is 0 Å². The summed E-state index contributed by atoms with van der Waals surface area (Å²) in [5.41, 5.74) is 0.382. The summed E-state index contributed by atoms with van der Waals surface area (Å²) in [4.78, 5) is 20.7. The summed E-state index contributed by atoms with van der Waals surface area (Å²) in [6.07, 6.45) is -0.840. The van der Waals surface area contributed by atoms with Crippen LogP contribution in [-0.2, 0) is 11.2 Å². The highest BCUT2D eigenvalue weighted by atomic mass is 16.6. The molecule has 0 fully saturated rings. The van der Waals surface area contributed by atoms with Crippen LogP contribution in [0.5, 0.6) is 5.75 Å². The van der Waals surface area contributed by atoms with Crippen molar-refractivity contribution in [2.75, 3.05) is 0 Å². The molecule has 6 heteroatoms. The number of hydrogen-bond donors (Lipinski definition) is 1. The first-order valence-corrected chi connectivity index (χ1v) is 4.25. The Bertz CT molecular complexity index is 442. The lowest BCUT2D eigenvalue weighted by atomic mass is 10.1. The zero-order valence-electron chi connectivity index (χ0n) is 7.54. The van der Waals surface area contributed by atoms with Gasteiger partial charge in [-0.05, 0) is 0 Å². The lowest BCUT2D eigenvalue weighted by Gasteiger charge is -2.03. The molecule has 2 rings (SSSR count). The molecule has 1 N–H and O–H groups in total. The van der Waals surface area contributed by atoms with Gasteiger partial charge >= 0.3 is 11.7 Å². The Morgan fingerprint density at radius 2 is 2.33 bits per heavy atom. The van der Waals surface area contributed by atoms with Gasteiger partial charge in [0.25, 0.3) is 0 Å². The molecular weight excluding hydrogens is 202 g/mol. The summed E-state index contributed by atoms with van der Waals surface area (Å²) >= 11 is 0. The lowest BCUT2D eigenvalue weighted by Crippen LogP contribution is -2.24. The van der Waals surface area contributed by atoms with Crippen molar-refractivity contribution < 1.29 is 19.6 Å². The highest BCUT2D eigenvalue weighted by Gasteiger charge is 2.33. The van der Waals surface area contributed by atoms with Crippen LogP contribution in [0.3, 0.4) is 0 Å². The number of nitro benzene ring substituents is 1. The summed E-state index contributed by atoms with van der Waals surface area (Å²) in [5, 5.41) is 19.3. The van der Waals surface area contributed by atoms with Gasteiger partial charge in [-0.15, -0.1) is 0 Å². The fourth-order valence-corrected chi connectivity index (χ4v) is 1.53. The van der Waals surface area contributed by atoms with Gasteiger partial charge in [-0.25, -0.2) is 4.79 Å². The molecule has 0 aromatic heterocycles. The Labute approximate surface area is 84.2 Å². The topological polar surface area (TPSA) is 89.7 Å². The van der Waals surface area contributed by atoms with Crippen LogP contribution in [0.1, 0.15) is 5.56 Å². The van der Waals surface area contributed by atoms with Crippen molar-refractivity contribution in [2.45, 2.75) is 12.5 Å². The third-order valence-electron chi connectivity index (χ3n) is 2.21. The van der Waals surface area contributed by atoms with Gasteiger partial charge in [0.05, 0.1) is 4.92 Å². The first-order chi connectivity index (χ1) is 7.09. The van der Waals surface area contributed by atoms with Crippen LogP contribution in [-0.4, -0.2) is 22.1 Å². The van der Waals surface area contributed by atoms with Gasteiger partial charge in [0.1, 0.15) is 0 Å². The fraction of sp³-hybridized carbons (Fsp3) is 0.222. The van der Waals surface area contributed by atoms with E-state index in [2.05, 4.69) is 0 Å². The Morgan fingerprint density at radius 3 is 2.93 bits per heavy atom. The monoisotopic (exact) mass is 209 g/mol. The molecule has 0 spiro atoms. The van der Waals surface area contributed by atoms with E-state index < -0.39 is 17.0 Å². The maximum Gasteiger partial charge on any atom is 0.345 e. The van der Waals surface area contributed by atoms with Gasteiger partial charge in [-0.2, -0.15) is 0 Å². The Balaban J connectivity index is 2.41. The highest BCUT2D eigenvalue weighted by molar-refractivity contribution is 5.75. The number of rotatable bonds is 2. The van der Waals surface area contributed by atoms with Gasteiger partial charge in [-0.3, -0.25) is 10.1 Å². The van der Waals surface area contributed by atoms with Gasteiger partial charge in [0, 0.05) is 18.1 Å². The minimum absolute atomic E-state index is 0.0786. The van der Waals surface area contributed by atoms with Crippen molar-refractivity contribution in [3.05, 3.63) is 33.9 Å². The second kappa shape index (κ2) is 3.23. The highest BCUT2D eigenvalue weighted by Crippen LogP contribution is 2.37. The van der Waals surface area contributed by atoms with Gasteiger partial charge in [-0.1, -0.05) is 12.1 Å². The molecule has 0 saturated carbocycles. The largest absolute Gasteiger partial charge is 0.478 e. The molecular formula is C9H7NO5. The van der Waals surface area contributed by atoms with Crippen LogP contribution < -0.4 is 4.74 Å². The fourth-order valence-electron chi connectivity index (χ4n) is 1.53. The molecule has 1 aliphatic rings. The molecule has 1 aromatic carbocycles. The van der Waals surface area contributed by atoms with Crippen molar-refractivity contribution in [1.29, 1.82) is 0 Å². The molecule has 15 heavy (non-hydrogen) atoms. The van der Waals surface area contributed by atoms with Crippen molar-refractivity contribution in [3.8, 4) is 5.75 Å². The standard InChI is InChI=1S/C9H7NO5/c11-9(12)7-4-5-2-1-3-6(10(13)14)8(5)15-7/h1-3,7H,4H2,(H,11,12). The third kappa shape index (κ3) is 1.50. The predicted molar refractivity (Wildman–Crippen MR) is 48.9 cm³/mol. The van der Waals surface area contributed by atoms with E-state index in [9.17, 15) is 14.9 Å². The molecule has 1 unspecified atom stereocenters. The van der Waals surface area contributed by atoms with Gasteiger partial charge in [0.2, 0.25) is 5.75 Å². The molecule has 1 atom stereocenters. The van der Waals surface area contributed by atoms with Crippen LogP contribution in [0.15, 0.2) is 18.2 Å². The molecule has 1 heterocycles. The number of hydrogen-bond acceptors (Lipinski definition) is 4. The first-order valence-electron chi connectivity index (χ1n) is 4.25. The number of carboxylic acids is 1. The van der Waals surface area contributed by atoms with Crippen molar-refractivity contribution in [2.24, 2.45) is 0 Å². The van der Waals surface area contributed by atoms with Crippen molar-refractivity contribution >= 4 is 11.7 Å². The molecule has 1 aliphatic heterocycles. The number of nitrogens with zero attached hydrogens (tertiary/aromatic N) is 1. The molecule has 0 aliphatic carbocycles. The zero-order chi connectivity index (χ0) is 11.0. The molecule has 6 nitrogen and oxygen atoms in total. The predicted octanol–water partition coefficient (Wildman–Crippen LogP) is 0.983. The number of para-hydroxylation sites is 1. The van der Waals surface area contributed by atoms with E-state index in [0.29, 0.717) is 5.56 Å². The number of carboxylic acid groups (broad SMARTS) is 1. The average Bonchev–Trinajstić information content (AvgIpc) is 2.60. The Kier molecular flexibility index (Phi) is 2.03. The zero-order valence-corrected chi connectivity index (χ0v) is 7.54. The number of fused-ring (bicyclic) bond motifs is 1. The van der Waals surface area contributed by atoms with E-state index in [1.807, 2.05) is 0 Å². The maximum absolute atomic E-state index is 10.7. The second-order valence-electron chi connectivity index (χ2n) is 3.17. The number of carbonyl (C=O) groups is 1. The van der Waals surface area contributed by atoms with E-state index in [1.165, 1.54) is 12.1 Å². The molecule has 1 aromatic rings. The smallest absolute Gasteiger partial charge is 0.345 e. The number of nitro groups is 1. The maximum atomic E-state index is 10.7. The van der Waals surface area contributed by atoms with Crippen molar-refractivity contribution in [1.82, 2.24) is 0 Å². The summed E-state index contributed by atoms with van der Waals surface area (Å²) in [7, 11) is 0. The van der Waals surface area contributed by atoms with E-state index >= 15 is 0 Å². The molecule has 0 saturated heterocycles. The van der Waals surface area contributed by atoms with Crippen LogP contribution >= 0.6 is 0 Å². The van der Waals surface area contributed by atoms with Crippen molar-refractivity contribution in [3.63, 3.8) is 0 Å². The quantitative estimate of drug-likeness (QED) is 0.579. The van der Waals surface area contributed by atoms with Crippen LogP contribution in [0.25, 0.3) is 0 Å². The van der Waals surface area contributed by atoms with Gasteiger partial charge < -0.3 is 9.84 Å². The molecule has 78 valence electrons. The van der Waals surface area contributed by atoms with E-state index in [0.717, 1.165) is 0 Å². The molecule has 0 bridgehead atoms. The summed E-state index contributed by atoms with van der Waals surface area (Å²) in [5.74, 6) is -1.03. The summed E-state index contributed by atoms with van der Waals surface area (Å²) < 4.78 is 5.02. The van der Waals surface area contributed by atoms with E-state index in [-0.39, 0.29) is 17.9 Å². The normalized spacial score (nSPS) is 18.0. The summed E-state index contributed by atoms with van der Waals surface area (Å²) in [6.45, 7) is 0. The number of ether oxygens (including phenoxy) is 1. The number of benzene rings is 1. The molecule has 0 amide bonds. The average molecular weight is 209 g/mol. The summed E-state index contributed by atoms with van der Waals surface area (Å²) in [6, 6.07) is 4.44. The third-order valence-corrected chi connectivity index (χ3v) is 2.21. The Hall–Kier alpha value is -2.11. The number of aliphatic carboxylic acids is 1. The Morgan fingerprint density at radius 1 is 1.60 bits per heavy atom. The second-order valence-corrected chi connectivity index (χ2v) is 3.17.